The van der Waals surface area contributed by atoms with E-state index < -0.39 is 17.4 Å². The van der Waals surface area contributed by atoms with Gasteiger partial charge in [0, 0.05) is 5.57 Å². The Morgan fingerprint density at radius 2 is 2.08 bits per heavy atom. The minimum atomic E-state index is -1.17. The summed E-state index contributed by atoms with van der Waals surface area (Å²) >= 11 is 0. The standard InChI is InChI=1S/C9H10O4/c1-9(8(12)13)4-2-3-6(5-9)7(10)11/h2,4-5H,3H2,1H3,(H,10,11)(H,12,13). The number of allylic oxidation sites excluding steroid dienone is 1. The molecule has 0 fully saturated rings. The van der Waals surface area contributed by atoms with Gasteiger partial charge >= 0.3 is 11.9 Å². The van der Waals surface area contributed by atoms with Crippen LogP contribution >= 0.6 is 0 Å². The first-order chi connectivity index (χ1) is 5.96. The fraction of sp³-hybridized carbons (Fsp3) is 0.333. The highest BCUT2D eigenvalue weighted by Crippen LogP contribution is 2.28. The SMILES string of the molecule is CC1(C(=O)O)C=CCC(C(=O)O)=C1. The lowest BCUT2D eigenvalue weighted by Gasteiger charge is -2.20. The zero-order valence-corrected chi connectivity index (χ0v) is 7.15. The third-order valence-electron chi connectivity index (χ3n) is 2.01. The highest BCUT2D eigenvalue weighted by molar-refractivity contribution is 5.90. The Balaban J connectivity index is 3.02. The van der Waals surface area contributed by atoms with E-state index in [4.69, 9.17) is 10.2 Å². The second kappa shape index (κ2) is 3.05. The lowest BCUT2D eigenvalue weighted by Crippen LogP contribution is -2.25. The maximum absolute atomic E-state index is 10.8. The van der Waals surface area contributed by atoms with Gasteiger partial charge in [-0.2, -0.15) is 0 Å². The quantitative estimate of drug-likeness (QED) is 0.626. The van der Waals surface area contributed by atoms with Gasteiger partial charge in [-0.05, 0) is 13.3 Å². The van der Waals surface area contributed by atoms with Crippen molar-refractivity contribution >= 4 is 11.9 Å². The van der Waals surface area contributed by atoms with E-state index in [-0.39, 0.29) is 12.0 Å². The summed E-state index contributed by atoms with van der Waals surface area (Å²) in [6.45, 7) is 1.47. The molecule has 70 valence electrons. The Morgan fingerprint density at radius 1 is 1.46 bits per heavy atom. The van der Waals surface area contributed by atoms with Crippen LogP contribution in [0.15, 0.2) is 23.8 Å². The Labute approximate surface area is 75.2 Å². The van der Waals surface area contributed by atoms with Crippen LogP contribution in [0.4, 0.5) is 0 Å². The summed E-state index contributed by atoms with van der Waals surface area (Å²) in [5.41, 5.74) is -1.04. The predicted octanol–water partition coefficient (Wildman–Crippen LogP) is 1.05. The van der Waals surface area contributed by atoms with Crippen molar-refractivity contribution in [1.29, 1.82) is 0 Å². The molecule has 1 aliphatic carbocycles. The van der Waals surface area contributed by atoms with E-state index in [0.29, 0.717) is 0 Å². The third-order valence-corrected chi connectivity index (χ3v) is 2.01. The van der Waals surface area contributed by atoms with Gasteiger partial charge in [0.05, 0.1) is 0 Å². The van der Waals surface area contributed by atoms with E-state index in [1.54, 1.807) is 6.08 Å². The van der Waals surface area contributed by atoms with Crippen molar-refractivity contribution in [3.8, 4) is 0 Å². The zero-order valence-electron chi connectivity index (χ0n) is 7.15. The normalized spacial score (nSPS) is 26.7. The summed E-state index contributed by atoms with van der Waals surface area (Å²) in [5.74, 6) is -2.10. The van der Waals surface area contributed by atoms with Crippen LogP contribution < -0.4 is 0 Å². The van der Waals surface area contributed by atoms with Crippen LogP contribution in [0, 0.1) is 5.41 Å². The van der Waals surface area contributed by atoms with Crippen molar-refractivity contribution < 1.29 is 19.8 Å². The maximum atomic E-state index is 10.8. The van der Waals surface area contributed by atoms with E-state index in [1.807, 2.05) is 0 Å². The molecule has 0 bridgehead atoms. The van der Waals surface area contributed by atoms with Gasteiger partial charge in [-0.25, -0.2) is 4.79 Å². The van der Waals surface area contributed by atoms with Gasteiger partial charge in [0.2, 0.25) is 0 Å². The Morgan fingerprint density at radius 3 is 2.54 bits per heavy atom. The second-order valence-electron chi connectivity index (χ2n) is 3.17. The van der Waals surface area contributed by atoms with Gasteiger partial charge in [-0.3, -0.25) is 4.79 Å². The van der Waals surface area contributed by atoms with Crippen molar-refractivity contribution in [2.45, 2.75) is 13.3 Å². The molecule has 0 radical (unpaired) electrons. The summed E-state index contributed by atoms with van der Waals surface area (Å²) in [6.07, 6.45) is 4.63. The highest BCUT2D eigenvalue weighted by Gasteiger charge is 2.31. The molecule has 13 heavy (non-hydrogen) atoms. The van der Waals surface area contributed by atoms with Crippen LogP contribution in [-0.4, -0.2) is 22.2 Å². The van der Waals surface area contributed by atoms with Gasteiger partial charge < -0.3 is 10.2 Å². The molecule has 0 amide bonds. The van der Waals surface area contributed by atoms with Crippen molar-refractivity contribution in [2.24, 2.45) is 5.41 Å². The Hall–Kier alpha value is -1.58. The van der Waals surface area contributed by atoms with Crippen molar-refractivity contribution in [1.82, 2.24) is 0 Å². The minimum absolute atomic E-state index is 0.132. The molecule has 2 N–H and O–H groups in total. The highest BCUT2D eigenvalue weighted by atomic mass is 16.4. The second-order valence-corrected chi connectivity index (χ2v) is 3.17. The van der Waals surface area contributed by atoms with Gasteiger partial charge in [0.15, 0.2) is 0 Å². The minimum Gasteiger partial charge on any atom is -0.480 e. The first kappa shape index (κ1) is 9.51. The molecule has 0 saturated carbocycles. The summed E-state index contributed by atoms with van der Waals surface area (Å²) < 4.78 is 0. The third kappa shape index (κ3) is 1.77. The molecule has 4 nitrogen and oxygen atoms in total. The molecule has 0 aromatic rings. The zero-order chi connectivity index (χ0) is 10.1. The molecular weight excluding hydrogens is 172 g/mol. The fourth-order valence-corrected chi connectivity index (χ4v) is 1.18. The lowest BCUT2D eigenvalue weighted by atomic mass is 9.83. The summed E-state index contributed by atoms with van der Waals surface area (Å²) in [6, 6.07) is 0. The molecule has 0 aromatic heterocycles. The number of carboxylic acids is 2. The summed E-state index contributed by atoms with van der Waals surface area (Å²) in [7, 11) is 0. The number of carbonyl (C=O) groups is 2. The number of rotatable bonds is 2. The van der Waals surface area contributed by atoms with Gasteiger partial charge in [0.1, 0.15) is 5.41 Å². The smallest absolute Gasteiger partial charge is 0.331 e. The van der Waals surface area contributed by atoms with Crippen molar-refractivity contribution in [2.75, 3.05) is 0 Å². The molecular formula is C9H10O4. The average Bonchev–Trinajstić information content (AvgIpc) is 2.04. The van der Waals surface area contributed by atoms with Crippen LogP contribution in [0.5, 0.6) is 0 Å². The van der Waals surface area contributed by atoms with Crippen molar-refractivity contribution in [3.05, 3.63) is 23.8 Å². The van der Waals surface area contributed by atoms with Crippen molar-refractivity contribution in [3.63, 3.8) is 0 Å². The molecule has 0 heterocycles. The van der Waals surface area contributed by atoms with Gasteiger partial charge in [-0.1, -0.05) is 18.2 Å². The molecule has 0 spiro atoms. The number of carboxylic acid groups (broad SMARTS) is 2. The molecule has 1 unspecified atom stereocenters. The van der Waals surface area contributed by atoms with Crippen LogP contribution in [-0.2, 0) is 9.59 Å². The number of hydrogen-bond acceptors (Lipinski definition) is 2. The topological polar surface area (TPSA) is 74.6 Å². The predicted molar refractivity (Wildman–Crippen MR) is 45.2 cm³/mol. The molecule has 1 atom stereocenters. The van der Waals surface area contributed by atoms with E-state index in [2.05, 4.69) is 0 Å². The lowest BCUT2D eigenvalue weighted by molar-refractivity contribution is -0.142. The monoisotopic (exact) mass is 182 g/mol. The first-order valence-corrected chi connectivity index (χ1v) is 3.82. The van der Waals surface area contributed by atoms with E-state index in [0.717, 1.165) is 0 Å². The molecule has 1 aliphatic rings. The first-order valence-electron chi connectivity index (χ1n) is 3.82. The summed E-state index contributed by atoms with van der Waals surface area (Å²) in [4.78, 5) is 21.3. The average molecular weight is 182 g/mol. The molecule has 1 rings (SSSR count). The Bertz CT molecular complexity index is 314. The molecule has 0 aliphatic heterocycles. The molecule has 4 heteroatoms. The van der Waals surface area contributed by atoms with Gasteiger partial charge in [-0.15, -0.1) is 0 Å². The van der Waals surface area contributed by atoms with Crippen LogP contribution in [0.1, 0.15) is 13.3 Å². The molecule has 0 aromatic carbocycles. The number of hydrogen-bond donors (Lipinski definition) is 2. The maximum Gasteiger partial charge on any atom is 0.331 e. The Kier molecular flexibility index (Phi) is 2.23. The molecule has 0 saturated heterocycles. The van der Waals surface area contributed by atoms with E-state index >= 15 is 0 Å². The van der Waals surface area contributed by atoms with E-state index in [9.17, 15) is 9.59 Å². The fourth-order valence-electron chi connectivity index (χ4n) is 1.18. The van der Waals surface area contributed by atoms with Gasteiger partial charge in [0.25, 0.3) is 0 Å². The number of aliphatic carboxylic acids is 2. The van der Waals surface area contributed by atoms with E-state index in [1.165, 1.54) is 19.1 Å². The van der Waals surface area contributed by atoms with Crippen LogP contribution in [0.2, 0.25) is 0 Å². The van der Waals surface area contributed by atoms with Crippen LogP contribution in [0.25, 0.3) is 0 Å². The largest absolute Gasteiger partial charge is 0.480 e. The van der Waals surface area contributed by atoms with Crippen LogP contribution in [0.3, 0.4) is 0 Å². The summed E-state index contributed by atoms with van der Waals surface area (Å²) in [5, 5.41) is 17.5.